The number of carbonyl (C=O) groups is 9. The first kappa shape index (κ1) is 61.4. The van der Waals surface area contributed by atoms with Crippen molar-refractivity contribution in [2.75, 3.05) is 19.6 Å². The van der Waals surface area contributed by atoms with Gasteiger partial charge in [0.2, 0.25) is 53.2 Å². The van der Waals surface area contributed by atoms with E-state index in [2.05, 4.69) is 52.5 Å². The van der Waals surface area contributed by atoms with Crippen LogP contribution >= 0.6 is 0 Å². The lowest BCUT2D eigenvalue weighted by atomic mass is 9.98. The molecule has 0 aliphatic carbocycles. The minimum atomic E-state index is -1.70. The van der Waals surface area contributed by atoms with Crippen molar-refractivity contribution in [3.63, 3.8) is 0 Å². The maximum atomic E-state index is 13.9. The number of nitrogens with zero attached hydrogens (tertiary/aromatic N) is 1. The van der Waals surface area contributed by atoms with E-state index in [-0.39, 0.29) is 37.5 Å². The first-order chi connectivity index (χ1) is 34.0. The van der Waals surface area contributed by atoms with E-state index in [1.54, 1.807) is 13.8 Å². The number of aromatic nitrogens is 2. The van der Waals surface area contributed by atoms with Crippen LogP contribution in [0.15, 0.2) is 36.8 Å². The molecule has 72 heavy (non-hydrogen) atoms. The Bertz CT molecular complexity index is 2070. The van der Waals surface area contributed by atoms with Gasteiger partial charge in [-0.1, -0.05) is 38.8 Å². The lowest BCUT2D eigenvalue weighted by molar-refractivity contribution is -0.137. The summed E-state index contributed by atoms with van der Waals surface area (Å²) in [6, 6.07) is -5.26. The number of primary amides is 1. The fourth-order valence-electron chi connectivity index (χ4n) is 7.07. The van der Waals surface area contributed by atoms with Gasteiger partial charge >= 0.3 is 0 Å². The number of amides is 9. The van der Waals surface area contributed by atoms with Crippen LogP contribution in [0.25, 0.3) is 0 Å². The Morgan fingerprint density at radius 1 is 0.625 bits per heavy atom. The van der Waals surface area contributed by atoms with Crippen LogP contribution in [0.1, 0.15) is 90.8 Å². The van der Waals surface area contributed by atoms with Crippen LogP contribution in [0.2, 0.25) is 0 Å². The fourth-order valence-corrected chi connectivity index (χ4v) is 7.07. The molecule has 0 radical (unpaired) electrons. The zero-order chi connectivity index (χ0) is 54.1. The number of aromatic amines is 1. The molecule has 2 aromatic rings. The van der Waals surface area contributed by atoms with Crippen molar-refractivity contribution in [2.45, 2.75) is 153 Å². The minimum absolute atomic E-state index is 0.0260. The number of aromatic hydroxyl groups is 1. The van der Waals surface area contributed by atoms with Crippen molar-refractivity contribution in [3.05, 3.63) is 48.0 Å². The number of aliphatic hydroxyl groups is 2. The van der Waals surface area contributed by atoms with Crippen molar-refractivity contribution in [3.8, 4) is 5.75 Å². The molecule has 0 saturated heterocycles. The van der Waals surface area contributed by atoms with Gasteiger partial charge in [-0.2, -0.15) is 0 Å². The number of aliphatic hydroxyl groups excluding tert-OH is 2. The number of unbranched alkanes of at least 4 members (excludes halogenated alkanes) is 2. The maximum Gasteiger partial charge on any atom is 0.245 e. The number of nitrogens with two attached hydrogens (primary N) is 4. The summed E-state index contributed by atoms with van der Waals surface area (Å²) in [5.41, 5.74) is 23.7. The number of phenols is 1. The molecule has 9 amide bonds. The average molecular weight is 1020 g/mol. The molecule has 0 bridgehead atoms. The predicted molar refractivity (Wildman–Crippen MR) is 262 cm³/mol. The van der Waals surface area contributed by atoms with Gasteiger partial charge in [0.05, 0.1) is 31.1 Å². The quantitative estimate of drug-likeness (QED) is 0.0299. The van der Waals surface area contributed by atoms with Gasteiger partial charge in [0.25, 0.3) is 0 Å². The van der Waals surface area contributed by atoms with E-state index in [1.807, 2.05) is 0 Å². The first-order valence-corrected chi connectivity index (χ1v) is 24.0. The highest BCUT2D eigenvalue weighted by Crippen LogP contribution is 2.13. The van der Waals surface area contributed by atoms with Crippen molar-refractivity contribution < 1.29 is 58.5 Å². The highest BCUT2D eigenvalue weighted by molar-refractivity contribution is 5.98. The minimum Gasteiger partial charge on any atom is -0.508 e. The Labute approximate surface area is 418 Å². The van der Waals surface area contributed by atoms with Crippen molar-refractivity contribution >= 4 is 53.2 Å². The number of hydrogen-bond donors (Lipinski definition) is 16. The monoisotopic (exact) mass is 1020 g/mol. The number of rotatable bonds is 33. The van der Waals surface area contributed by atoms with E-state index in [9.17, 15) is 58.5 Å². The second-order valence-electron chi connectivity index (χ2n) is 17.7. The van der Waals surface area contributed by atoms with E-state index in [0.29, 0.717) is 56.3 Å². The largest absolute Gasteiger partial charge is 0.508 e. The molecule has 1 aromatic heterocycles. The van der Waals surface area contributed by atoms with Gasteiger partial charge in [-0.15, -0.1) is 0 Å². The Morgan fingerprint density at radius 2 is 1.15 bits per heavy atom. The zero-order valence-corrected chi connectivity index (χ0v) is 41.6. The molecule has 402 valence electrons. The second-order valence-corrected chi connectivity index (χ2v) is 17.7. The molecule has 1 heterocycles. The number of nitrogens with one attached hydrogen (secondary N) is 9. The molecule has 2 rings (SSSR count). The highest BCUT2D eigenvalue weighted by Gasteiger charge is 2.35. The van der Waals surface area contributed by atoms with Gasteiger partial charge in [0.15, 0.2) is 0 Å². The van der Waals surface area contributed by atoms with Gasteiger partial charge in [0, 0.05) is 24.7 Å². The third-order valence-electron chi connectivity index (χ3n) is 11.6. The fraction of sp³-hybridized carbons (Fsp3) is 0.609. The van der Waals surface area contributed by atoms with Crippen LogP contribution in [0.4, 0.5) is 0 Å². The smallest absolute Gasteiger partial charge is 0.245 e. The van der Waals surface area contributed by atoms with Crippen molar-refractivity contribution in [1.82, 2.24) is 52.5 Å². The molecule has 0 saturated carbocycles. The number of phenolic OH excluding ortho intramolecular Hbond substituents is 1. The molecule has 11 atom stereocenters. The molecule has 26 heteroatoms. The molecule has 0 aliphatic rings. The van der Waals surface area contributed by atoms with Crippen LogP contribution in [-0.2, 0) is 56.0 Å². The van der Waals surface area contributed by atoms with E-state index >= 15 is 0 Å². The van der Waals surface area contributed by atoms with E-state index < -0.39 is 120 Å². The Morgan fingerprint density at radius 3 is 1.69 bits per heavy atom. The van der Waals surface area contributed by atoms with Gasteiger partial charge in [-0.3, -0.25) is 43.2 Å². The molecule has 0 fully saturated rings. The Kier molecular flexibility index (Phi) is 26.9. The summed E-state index contributed by atoms with van der Waals surface area (Å²) in [4.78, 5) is 127. The number of benzene rings is 1. The van der Waals surface area contributed by atoms with Crippen molar-refractivity contribution in [1.29, 1.82) is 0 Å². The normalized spacial score (nSPS) is 15.8. The predicted octanol–water partition coefficient (Wildman–Crippen LogP) is -4.69. The van der Waals surface area contributed by atoms with Gasteiger partial charge in [0.1, 0.15) is 48.0 Å². The second kappa shape index (κ2) is 31.6. The number of hydrogen-bond acceptors (Lipinski definition) is 16. The highest BCUT2D eigenvalue weighted by atomic mass is 16.3. The first-order valence-electron chi connectivity index (χ1n) is 24.0. The summed E-state index contributed by atoms with van der Waals surface area (Å²) >= 11 is 0. The standard InChI is InChI=1S/C46H76N14O12/c1-6-24(2)36(39(50)65)58-35(64)22-52-45(71)37(26(4)61)59-44(70)33(19-28-13-15-30(63)16-14-28)56-40(66)25(3)54-46(72)38(27(5)62)60-42(68)32(12-8-10-18-48)55-43(69)34(20-29-21-51-23-53-29)57-41(67)31(49)11-7-9-17-47/h13-16,21,23-27,31-34,36-38,61-63H,6-12,17-20,22,47-49H2,1-5H3,(H2,50,65)(H,51,53)(H,52,71)(H,54,72)(H,55,69)(H,56,66)(H,57,67)(H,58,64)(H,59,70)(H,60,68)/t24-,25-,26+,27+,31-,32-,33-,34-,36-,37-,38-/m0/s1. The SMILES string of the molecule is CC[C@H](C)[C@H](NC(=O)CNC(=O)[C@@H](NC(=O)[C@H](Cc1ccc(O)cc1)NC(=O)[C@H](C)NC(=O)[C@@H](NC(=O)[C@H](CCCCN)NC(=O)[C@H](Cc1cnc[nH]1)NC(=O)[C@@H](N)CCCCN)[C@@H](C)O)[C@@H](C)O)C(N)=O. The topological polar surface area (TPSA) is 443 Å². The molecule has 0 unspecified atom stereocenters. The third-order valence-corrected chi connectivity index (χ3v) is 11.6. The summed E-state index contributed by atoms with van der Waals surface area (Å²) < 4.78 is 0. The zero-order valence-electron chi connectivity index (χ0n) is 41.6. The summed E-state index contributed by atoms with van der Waals surface area (Å²) in [6.07, 6.45) is 2.30. The molecule has 0 aliphatic heterocycles. The Balaban J connectivity index is 2.27. The van der Waals surface area contributed by atoms with Gasteiger partial charge in [-0.05, 0) is 89.6 Å². The van der Waals surface area contributed by atoms with Crippen LogP contribution < -0.4 is 65.5 Å². The third kappa shape index (κ3) is 21.3. The van der Waals surface area contributed by atoms with Gasteiger partial charge < -0.3 is 85.8 Å². The number of H-pyrrole nitrogens is 1. The van der Waals surface area contributed by atoms with Crippen LogP contribution in [0, 0.1) is 5.92 Å². The number of carbonyl (C=O) groups excluding carboxylic acids is 9. The lowest BCUT2D eigenvalue weighted by Crippen LogP contribution is -2.62. The molecular weight excluding hydrogens is 941 g/mol. The Hall–Kier alpha value is -6.74. The van der Waals surface area contributed by atoms with Crippen molar-refractivity contribution in [2.24, 2.45) is 28.9 Å². The van der Waals surface area contributed by atoms with Crippen LogP contribution in [0.5, 0.6) is 5.75 Å². The lowest BCUT2D eigenvalue weighted by Gasteiger charge is -2.28. The summed E-state index contributed by atoms with van der Waals surface area (Å²) in [5.74, 6) is -8.22. The summed E-state index contributed by atoms with van der Waals surface area (Å²) in [6.45, 7) is 7.15. The summed E-state index contributed by atoms with van der Waals surface area (Å²) in [7, 11) is 0. The van der Waals surface area contributed by atoms with Crippen LogP contribution in [-0.4, -0.2) is 159 Å². The molecular formula is C46H76N14O12. The van der Waals surface area contributed by atoms with Crippen LogP contribution in [0.3, 0.4) is 0 Å². The van der Waals surface area contributed by atoms with E-state index in [4.69, 9.17) is 22.9 Å². The molecule has 20 N–H and O–H groups in total. The van der Waals surface area contributed by atoms with E-state index in [0.717, 1.165) is 0 Å². The van der Waals surface area contributed by atoms with E-state index in [1.165, 1.54) is 57.6 Å². The molecule has 26 nitrogen and oxygen atoms in total. The molecule has 1 aromatic carbocycles. The average Bonchev–Trinajstić information content (AvgIpc) is 3.85. The summed E-state index contributed by atoms with van der Waals surface area (Å²) in [5, 5.41) is 50.8. The molecule has 0 spiro atoms. The van der Waals surface area contributed by atoms with Gasteiger partial charge in [-0.25, -0.2) is 4.98 Å². The number of imidazole rings is 1. The maximum absolute atomic E-state index is 13.9.